The molecule has 1 saturated heterocycles. The molecule has 1 heterocycles. The van der Waals surface area contributed by atoms with Gasteiger partial charge in [0.25, 0.3) is 0 Å². The maximum Gasteiger partial charge on any atom is 0.168 e. The molecule has 0 aliphatic carbocycles. The summed E-state index contributed by atoms with van der Waals surface area (Å²) >= 11 is 0. The van der Waals surface area contributed by atoms with Crippen LogP contribution < -0.4 is 9.64 Å². The van der Waals surface area contributed by atoms with Gasteiger partial charge in [0.05, 0.1) is 32.8 Å². The molecule has 0 aromatic heterocycles. The first-order chi connectivity index (χ1) is 10.8. The Morgan fingerprint density at radius 1 is 1.18 bits per heavy atom. The van der Waals surface area contributed by atoms with Crippen LogP contribution in [0.2, 0.25) is 0 Å². The van der Waals surface area contributed by atoms with Gasteiger partial charge in [-0.3, -0.25) is 4.79 Å². The maximum absolute atomic E-state index is 12.2. The van der Waals surface area contributed by atoms with Gasteiger partial charge in [-0.25, -0.2) is 0 Å². The molecule has 0 amide bonds. The van der Waals surface area contributed by atoms with Crippen LogP contribution in [0.25, 0.3) is 0 Å². The van der Waals surface area contributed by atoms with Gasteiger partial charge in [-0.05, 0) is 30.7 Å². The van der Waals surface area contributed by atoms with Gasteiger partial charge in [-0.15, -0.1) is 0 Å². The van der Waals surface area contributed by atoms with E-state index in [0.717, 1.165) is 57.2 Å². The van der Waals surface area contributed by atoms with E-state index < -0.39 is 0 Å². The number of Topliss-reactive ketones (excluding diaryl/α,β-unsaturated/α-hetero) is 1. The fourth-order valence-electron chi connectivity index (χ4n) is 2.62. The van der Waals surface area contributed by atoms with Crippen LogP contribution in [0.3, 0.4) is 0 Å². The van der Waals surface area contributed by atoms with Crippen LogP contribution in [-0.4, -0.2) is 45.2 Å². The van der Waals surface area contributed by atoms with Crippen LogP contribution in [-0.2, 0) is 4.74 Å². The molecule has 0 radical (unpaired) electrons. The monoisotopic (exact) mass is 306 g/mol. The Morgan fingerprint density at radius 3 is 2.59 bits per heavy atom. The lowest BCUT2D eigenvalue weighted by Crippen LogP contribution is -3.14. The molecule has 1 aliphatic rings. The van der Waals surface area contributed by atoms with E-state index in [4.69, 9.17) is 9.47 Å². The van der Waals surface area contributed by atoms with Crippen LogP contribution in [0.4, 0.5) is 0 Å². The van der Waals surface area contributed by atoms with Crippen molar-refractivity contribution in [1.82, 2.24) is 0 Å². The van der Waals surface area contributed by atoms with Gasteiger partial charge in [0.2, 0.25) is 0 Å². The van der Waals surface area contributed by atoms with Crippen LogP contribution in [0.15, 0.2) is 24.3 Å². The molecule has 1 aromatic rings. The van der Waals surface area contributed by atoms with Crippen LogP contribution >= 0.6 is 0 Å². The van der Waals surface area contributed by atoms with Gasteiger partial charge in [0, 0.05) is 5.56 Å². The molecular formula is C18H28NO3+. The van der Waals surface area contributed by atoms with E-state index in [1.807, 2.05) is 24.3 Å². The Bertz CT molecular complexity index is 438. The van der Waals surface area contributed by atoms with E-state index in [1.165, 1.54) is 17.7 Å². The summed E-state index contributed by atoms with van der Waals surface area (Å²) in [6, 6.07) is 7.57. The summed E-state index contributed by atoms with van der Waals surface area (Å²) in [6.45, 7) is 7.48. The fourth-order valence-corrected chi connectivity index (χ4v) is 2.62. The number of ether oxygens (including phenoxy) is 2. The summed E-state index contributed by atoms with van der Waals surface area (Å²) in [7, 11) is 0. The highest BCUT2D eigenvalue weighted by Crippen LogP contribution is 2.14. The maximum atomic E-state index is 12.2. The van der Waals surface area contributed by atoms with Crippen molar-refractivity contribution >= 4 is 5.78 Å². The second kappa shape index (κ2) is 9.59. The number of ketones is 1. The van der Waals surface area contributed by atoms with E-state index >= 15 is 0 Å². The Balaban J connectivity index is 1.73. The number of nitrogens with one attached hydrogen (secondary N) is 1. The van der Waals surface area contributed by atoms with Crippen molar-refractivity contribution < 1.29 is 19.2 Å². The van der Waals surface area contributed by atoms with Gasteiger partial charge in [0.15, 0.2) is 5.78 Å². The van der Waals surface area contributed by atoms with Crippen molar-refractivity contribution in [3.8, 4) is 5.75 Å². The van der Waals surface area contributed by atoms with Crippen LogP contribution in [0.1, 0.15) is 43.0 Å². The zero-order valence-electron chi connectivity index (χ0n) is 13.6. The summed E-state index contributed by atoms with van der Waals surface area (Å²) < 4.78 is 11.0. The SMILES string of the molecule is CCCCCOc1ccc(C(=O)CC[NH+]2CCOCC2)cc1. The van der Waals surface area contributed by atoms with E-state index in [0.29, 0.717) is 6.42 Å². The van der Waals surface area contributed by atoms with Crippen molar-refractivity contribution in [2.75, 3.05) is 39.5 Å². The lowest BCUT2D eigenvalue weighted by atomic mass is 10.1. The molecule has 22 heavy (non-hydrogen) atoms. The first-order valence-corrected chi connectivity index (χ1v) is 8.47. The van der Waals surface area contributed by atoms with E-state index in [-0.39, 0.29) is 5.78 Å². The summed E-state index contributed by atoms with van der Waals surface area (Å²) in [5.74, 6) is 1.07. The minimum absolute atomic E-state index is 0.219. The second-order valence-electron chi connectivity index (χ2n) is 5.87. The molecule has 122 valence electrons. The number of quaternary nitrogens is 1. The average molecular weight is 306 g/mol. The normalized spacial score (nSPS) is 15.7. The molecule has 0 spiro atoms. The molecule has 0 atom stereocenters. The molecule has 1 fully saturated rings. The smallest absolute Gasteiger partial charge is 0.168 e. The molecule has 1 aromatic carbocycles. The first-order valence-electron chi connectivity index (χ1n) is 8.47. The molecule has 2 rings (SSSR count). The summed E-state index contributed by atoms with van der Waals surface area (Å²) in [5, 5.41) is 0. The van der Waals surface area contributed by atoms with Gasteiger partial charge < -0.3 is 14.4 Å². The molecule has 1 aliphatic heterocycles. The number of hydrogen-bond acceptors (Lipinski definition) is 3. The first kappa shape index (κ1) is 17.0. The van der Waals surface area contributed by atoms with Gasteiger partial charge >= 0.3 is 0 Å². The third-order valence-electron chi connectivity index (χ3n) is 4.10. The van der Waals surface area contributed by atoms with Gasteiger partial charge in [0.1, 0.15) is 18.8 Å². The lowest BCUT2D eigenvalue weighted by molar-refractivity contribution is -0.907. The lowest BCUT2D eigenvalue weighted by Gasteiger charge is -2.23. The topological polar surface area (TPSA) is 40.0 Å². The summed E-state index contributed by atoms with van der Waals surface area (Å²) in [4.78, 5) is 13.7. The average Bonchev–Trinajstić information content (AvgIpc) is 2.58. The zero-order valence-corrected chi connectivity index (χ0v) is 13.6. The highest BCUT2D eigenvalue weighted by Gasteiger charge is 2.15. The molecule has 1 N–H and O–H groups in total. The number of morpholine rings is 1. The Labute approximate surface area is 133 Å². The Morgan fingerprint density at radius 2 is 1.91 bits per heavy atom. The molecule has 4 nitrogen and oxygen atoms in total. The Hall–Kier alpha value is -1.39. The minimum atomic E-state index is 0.219. The van der Waals surface area contributed by atoms with Crippen molar-refractivity contribution in [1.29, 1.82) is 0 Å². The quantitative estimate of drug-likeness (QED) is 0.558. The standard InChI is InChI=1S/C18H27NO3/c1-2-3-4-13-22-17-7-5-16(6-8-17)18(20)9-10-19-11-14-21-15-12-19/h5-8H,2-4,9-15H2,1H3/p+1. The number of unbranched alkanes of at least 4 members (excludes halogenated alkanes) is 2. The van der Waals surface area contributed by atoms with E-state index in [2.05, 4.69) is 6.92 Å². The van der Waals surface area contributed by atoms with Crippen molar-refractivity contribution in [3.63, 3.8) is 0 Å². The number of hydrogen-bond donors (Lipinski definition) is 1. The number of benzene rings is 1. The minimum Gasteiger partial charge on any atom is -0.494 e. The highest BCUT2D eigenvalue weighted by molar-refractivity contribution is 5.96. The summed E-state index contributed by atoms with van der Waals surface area (Å²) in [6.07, 6.45) is 4.08. The third-order valence-corrected chi connectivity index (χ3v) is 4.10. The molecular weight excluding hydrogens is 278 g/mol. The van der Waals surface area contributed by atoms with Crippen molar-refractivity contribution in [2.24, 2.45) is 0 Å². The molecule has 0 unspecified atom stereocenters. The van der Waals surface area contributed by atoms with Crippen LogP contribution in [0.5, 0.6) is 5.75 Å². The van der Waals surface area contributed by atoms with E-state index in [9.17, 15) is 4.79 Å². The predicted molar refractivity (Wildman–Crippen MR) is 86.8 cm³/mol. The number of carbonyl (C=O) groups is 1. The number of carbonyl (C=O) groups excluding carboxylic acids is 1. The second-order valence-corrected chi connectivity index (χ2v) is 5.87. The number of rotatable bonds is 9. The van der Waals surface area contributed by atoms with Crippen molar-refractivity contribution in [3.05, 3.63) is 29.8 Å². The largest absolute Gasteiger partial charge is 0.494 e. The van der Waals surface area contributed by atoms with Crippen LogP contribution in [0, 0.1) is 0 Å². The Kier molecular flexibility index (Phi) is 7.40. The predicted octanol–water partition coefficient (Wildman–Crippen LogP) is 1.74. The highest BCUT2D eigenvalue weighted by atomic mass is 16.5. The summed E-state index contributed by atoms with van der Waals surface area (Å²) in [5.41, 5.74) is 0.786. The van der Waals surface area contributed by atoms with Crippen molar-refractivity contribution in [2.45, 2.75) is 32.6 Å². The van der Waals surface area contributed by atoms with Gasteiger partial charge in [-0.1, -0.05) is 19.8 Å². The molecule has 0 bridgehead atoms. The van der Waals surface area contributed by atoms with Gasteiger partial charge in [-0.2, -0.15) is 0 Å². The molecule has 0 saturated carbocycles. The molecule has 4 heteroatoms. The fraction of sp³-hybridized carbons (Fsp3) is 0.611. The van der Waals surface area contributed by atoms with E-state index in [1.54, 1.807) is 0 Å². The zero-order chi connectivity index (χ0) is 15.6. The third kappa shape index (κ3) is 5.78.